The number of thiophene rings is 1. The average molecular weight is 236 g/mol. The van der Waals surface area contributed by atoms with Crippen molar-refractivity contribution in [2.75, 3.05) is 26.2 Å². The Kier molecular flexibility index (Phi) is 4.16. The van der Waals surface area contributed by atoms with Crippen LogP contribution in [0, 0.1) is 0 Å². The summed E-state index contributed by atoms with van der Waals surface area (Å²) in [4.78, 5) is 4.15. The van der Waals surface area contributed by atoms with Crippen molar-refractivity contribution in [2.45, 2.75) is 19.4 Å². The molecule has 0 saturated heterocycles. The Bertz CT molecular complexity index is 345. The second-order valence-corrected chi connectivity index (χ2v) is 5.25. The minimum Gasteiger partial charge on any atom is -0.312 e. The molecule has 0 radical (unpaired) electrons. The largest absolute Gasteiger partial charge is 0.312 e. The Morgan fingerprint density at radius 3 is 3.38 bits per heavy atom. The third kappa shape index (κ3) is 2.54. The summed E-state index contributed by atoms with van der Waals surface area (Å²) in [5.74, 6) is 0. The van der Waals surface area contributed by atoms with Gasteiger partial charge in [-0.05, 0) is 30.4 Å². The lowest BCUT2D eigenvalue weighted by Crippen LogP contribution is -2.38. The van der Waals surface area contributed by atoms with Gasteiger partial charge in [-0.25, -0.2) is 0 Å². The van der Waals surface area contributed by atoms with E-state index in [-0.39, 0.29) is 0 Å². The van der Waals surface area contributed by atoms with Crippen LogP contribution in [0.15, 0.2) is 24.1 Å². The van der Waals surface area contributed by atoms with Crippen molar-refractivity contribution in [2.24, 2.45) is 0 Å². The molecule has 1 aromatic rings. The number of rotatable bonds is 5. The number of hydrogen-bond acceptors (Lipinski definition) is 3. The third-order valence-electron chi connectivity index (χ3n) is 3.27. The summed E-state index contributed by atoms with van der Waals surface area (Å²) in [5, 5.41) is 5.59. The zero-order valence-electron chi connectivity index (χ0n) is 9.91. The fourth-order valence-electron chi connectivity index (χ4n) is 2.29. The molecule has 2 heterocycles. The third-order valence-corrected chi connectivity index (χ3v) is 4.26. The van der Waals surface area contributed by atoms with E-state index in [0.29, 0.717) is 6.04 Å². The van der Waals surface area contributed by atoms with E-state index in [9.17, 15) is 0 Å². The van der Waals surface area contributed by atoms with Gasteiger partial charge in [-0.15, -0.1) is 17.9 Å². The molecule has 0 aromatic carbocycles. The highest BCUT2D eigenvalue weighted by molar-refractivity contribution is 7.10. The summed E-state index contributed by atoms with van der Waals surface area (Å²) in [6.07, 6.45) is 3.13. The van der Waals surface area contributed by atoms with Gasteiger partial charge in [-0.2, -0.15) is 0 Å². The Labute approximate surface area is 102 Å². The number of fused-ring (bicyclic) bond motifs is 1. The van der Waals surface area contributed by atoms with Gasteiger partial charge in [-0.3, -0.25) is 4.90 Å². The van der Waals surface area contributed by atoms with E-state index in [4.69, 9.17) is 0 Å². The summed E-state index contributed by atoms with van der Waals surface area (Å²) in [6, 6.07) is 2.87. The number of nitrogens with zero attached hydrogens (tertiary/aromatic N) is 1. The molecule has 1 aliphatic rings. The van der Waals surface area contributed by atoms with Gasteiger partial charge in [-0.1, -0.05) is 6.08 Å². The standard InChI is InChI=1S/C13H20N2S/c1-3-6-14-7-9-15-8-4-13-12(11(15)2)5-10-16-13/h3,5,10-11,14H,1,4,6-9H2,2H3. The van der Waals surface area contributed by atoms with Crippen LogP contribution in [0.3, 0.4) is 0 Å². The molecule has 0 saturated carbocycles. The Balaban J connectivity index is 1.86. The number of hydrogen-bond donors (Lipinski definition) is 1. The SMILES string of the molecule is C=CCNCCN1CCc2sccc2C1C. The molecular formula is C13H20N2S. The summed E-state index contributed by atoms with van der Waals surface area (Å²) >= 11 is 1.91. The van der Waals surface area contributed by atoms with E-state index >= 15 is 0 Å². The summed E-state index contributed by atoms with van der Waals surface area (Å²) < 4.78 is 0. The van der Waals surface area contributed by atoms with Crippen molar-refractivity contribution in [3.63, 3.8) is 0 Å². The molecule has 1 atom stereocenters. The lowest BCUT2D eigenvalue weighted by molar-refractivity contribution is 0.201. The summed E-state index contributed by atoms with van der Waals surface area (Å²) in [7, 11) is 0. The molecule has 1 aliphatic heterocycles. The highest BCUT2D eigenvalue weighted by atomic mass is 32.1. The Morgan fingerprint density at radius 1 is 1.69 bits per heavy atom. The van der Waals surface area contributed by atoms with Crippen LogP contribution in [0.4, 0.5) is 0 Å². The van der Waals surface area contributed by atoms with Gasteiger partial charge < -0.3 is 5.32 Å². The van der Waals surface area contributed by atoms with Crippen LogP contribution in [-0.4, -0.2) is 31.1 Å². The van der Waals surface area contributed by atoms with E-state index in [1.807, 2.05) is 17.4 Å². The average Bonchev–Trinajstić information content (AvgIpc) is 2.76. The van der Waals surface area contributed by atoms with E-state index in [0.717, 1.165) is 19.6 Å². The molecule has 16 heavy (non-hydrogen) atoms. The van der Waals surface area contributed by atoms with Gasteiger partial charge in [0.25, 0.3) is 0 Å². The van der Waals surface area contributed by atoms with Crippen LogP contribution in [0.25, 0.3) is 0 Å². The van der Waals surface area contributed by atoms with Crippen LogP contribution in [0.5, 0.6) is 0 Å². The maximum atomic E-state index is 3.71. The Hall–Kier alpha value is -0.640. The molecule has 2 nitrogen and oxygen atoms in total. The lowest BCUT2D eigenvalue weighted by Gasteiger charge is -2.33. The Morgan fingerprint density at radius 2 is 2.56 bits per heavy atom. The molecule has 0 aliphatic carbocycles. The highest BCUT2D eigenvalue weighted by Gasteiger charge is 2.23. The highest BCUT2D eigenvalue weighted by Crippen LogP contribution is 2.32. The maximum absolute atomic E-state index is 3.71. The quantitative estimate of drug-likeness (QED) is 0.624. The zero-order chi connectivity index (χ0) is 11.4. The molecule has 0 fully saturated rings. The van der Waals surface area contributed by atoms with Crippen LogP contribution >= 0.6 is 11.3 Å². The first-order chi connectivity index (χ1) is 7.83. The van der Waals surface area contributed by atoms with Crippen LogP contribution < -0.4 is 5.32 Å². The number of nitrogens with one attached hydrogen (secondary N) is 1. The molecule has 0 spiro atoms. The maximum Gasteiger partial charge on any atom is 0.0331 e. The van der Waals surface area contributed by atoms with Gasteiger partial charge in [0.1, 0.15) is 0 Å². The fourth-order valence-corrected chi connectivity index (χ4v) is 3.26. The first-order valence-corrected chi connectivity index (χ1v) is 6.83. The lowest BCUT2D eigenvalue weighted by atomic mass is 10.0. The minimum atomic E-state index is 0.584. The van der Waals surface area contributed by atoms with E-state index < -0.39 is 0 Å². The fraction of sp³-hybridized carbons (Fsp3) is 0.538. The molecule has 2 rings (SSSR count). The molecule has 1 N–H and O–H groups in total. The smallest absolute Gasteiger partial charge is 0.0331 e. The van der Waals surface area contributed by atoms with Crippen LogP contribution in [-0.2, 0) is 6.42 Å². The van der Waals surface area contributed by atoms with Crippen molar-refractivity contribution in [3.8, 4) is 0 Å². The molecule has 1 aromatic heterocycles. The molecule has 0 amide bonds. The predicted molar refractivity (Wildman–Crippen MR) is 71.1 cm³/mol. The second kappa shape index (κ2) is 5.62. The normalized spacial score (nSPS) is 20.7. The van der Waals surface area contributed by atoms with Crippen molar-refractivity contribution in [3.05, 3.63) is 34.5 Å². The van der Waals surface area contributed by atoms with Crippen molar-refractivity contribution >= 4 is 11.3 Å². The second-order valence-electron chi connectivity index (χ2n) is 4.25. The van der Waals surface area contributed by atoms with E-state index in [2.05, 4.69) is 35.2 Å². The van der Waals surface area contributed by atoms with Crippen molar-refractivity contribution in [1.82, 2.24) is 10.2 Å². The van der Waals surface area contributed by atoms with Gasteiger partial charge in [0, 0.05) is 37.1 Å². The topological polar surface area (TPSA) is 15.3 Å². The van der Waals surface area contributed by atoms with Crippen molar-refractivity contribution in [1.29, 1.82) is 0 Å². The molecule has 3 heteroatoms. The van der Waals surface area contributed by atoms with Crippen LogP contribution in [0.2, 0.25) is 0 Å². The van der Waals surface area contributed by atoms with Gasteiger partial charge >= 0.3 is 0 Å². The van der Waals surface area contributed by atoms with Crippen molar-refractivity contribution < 1.29 is 0 Å². The molecular weight excluding hydrogens is 216 g/mol. The monoisotopic (exact) mass is 236 g/mol. The van der Waals surface area contributed by atoms with Gasteiger partial charge in [0.05, 0.1) is 0 Å². The van der Waals surface area contributed by atoms with Gasteiger partial charge in [0.15, 0.2) is 0 Å². The molecule has 88 valence electrons. The predicted octanol–water partition coefficient (Wildman–Crippen LogP) is 2.44. The first kappa shape index (κ1) is 11.8. The minimum absolute atomic E-state index is 0.584. The first-order valence-electron chi connectivity index (χ1n) is 5.95. The van der Waals surface area contributed by atoms with E-state index in [1.54, 1.807) is 10.4 Å². The van der Waals surface area contributed by atoms with Gasteiger partial charge in [0.2, 0.25) is 0 Å². The molecule has 1 unspecified atom stereocenters. The van der Waals surface area contributed by atoms with Crippen LogP contribution in [0.1, 0.15) is 23.4 Å². The summed E-state index contributed by atoms with van der Waals surface area (Å²) in [6.45, 7) is 10.3. The zero-order valence-corrected chi connectivity index (χ0v) is 10.7. The molecule has 0 bridgehead atoms. The van der Waals surface area contributed by atoms with E-state index in [1.165, 1.54) is 13.0 Å². The summed E-state index contributed by atoms with van der Waals surface area (Å²) in [5.41, 5.74) is 1.54.